The Morgan fingerprint density at radius 3 is 0.495 bits per heavy atom. The summed E-state index contributed by atoms with van der Waals surface area (Å²) in [7, 11) is 0. The highest BCUT2D eigenvalue weighted by atomic mass is 32.2. The number of aliphatic hydroxyl groups is 16. The summed E-state index contributed by atoms with van der Waals surface area (Å²) in [5.41, 5.74) is 0. The van der Waals surface area contributed by atoms with Crippen LogP contribution in [0.25, 0.3) is 0 Å². The molecule has 30 saturated heterocycles. The van der Waals surface area contributed by atoms with Gasteiger partial charge in [-0.1, -0.05) is 41.5 Å². The van der Waals surface area contributed by atoms with Crippen molar-refractivity contribution < 1.29 is 177 Å². The van der Waals surface area contributed by atoms with Crippen molar-refractivity contribution in [3.63, 3.8) is 0 Å². The smallest absolute Gasteiger partial charge is 0.304 e. The van der Waals surface area contributed by atoms with E-state index in [0.29, 0.717) is 40.9 Å². The normalized spacial score (nSPS) is 46.3. The molecular weight excluding hydrogens is 1640 g/mol. The Kier molecular flexibility index (Phi) is 39.6. The zero-order valence-electron chi connectivity index (χ0n) is 62.2. The third-order valence-electron chi connectivity index (χ3n) is 20.0. The average Bonchev–Trinajstić information content (AvgIpc) is 0.772. The maximum Gasteiger partial charge on any atom is 0.304 e. The number of aliphatic hydroxyl groups excluding tert-OH is 16. The van der Waals surface area contributed by atoms with E-state index in [1.165, 1.54) is 70.6 Å². The lowest BCUT2D eigenvalue weighted by molar-refractivity contribution is -0.396. The fourth-order valence-electron chi connectivity index (χ4n) is 14.0. The lowest BCUT2D eigenvalue weighted by atomic mass is 9.95. The van der Waals surface area contributed by atoms with Gasteiger partial charge in [0, 0.05) is 57.5 Å². The standard InChI is InChI=1S/C67H114O36S8/c1-7-15-109-23-31-57-41(77)49(85)65(93-31)103-59-33(25-111-17-14-35(70)71)94-66(50(86)42(59)78)100-56-30(22-108-12-6)91-63(47(83)39(56)75)98-54-28(20-106-10-4)89-61(45(81)37(54)73)96-52-26(18-104-8-2)88-60(44(80)36(52)72)97-53-27(19-105-9-3)90-62(46(82)38(53)74)99-55-29(21-107-11-5)92-64(48(84)40(55)76)102-58-32(24-110-16-13-34(68)69)95-67(101-57)51(87)43(58)79/h26-33,36-67,72-87H,7-25H2,1-6H3,(H,68,69)(H,70,71). The molecule has 30 aliphatic rings. The van der Waals surface area contributed by atoms with Crippen LogP contribution in [0.1, 0.15) is 60.8 Å². The summed E-state index contributed by atoms with van der Waals surface area (Å²) in [6.45, 7) is 11.1. The molecule has 30 fully saturated rings. The van der Waals surface area contributed by atoms with E-state index < -0.39 is 258 Å². The Morgan fingerprint density at radius 2 is 0.360 bits per heavy atom. The Balaban J connectivity index is 1.07. The molecule has 16 bridgehead atoms. The highest BCUT2D eigenvalue weighted by molar-refractivity contribution is 8.00. The van der Waals surface area contributed by atoms with Crippen molar-refractivity contribution in [3.8, 4) is 0 Å². The van der Waals surface area contributed by atoms with Gasteiger partial charge in [-0.3, -0.25) is 9.59 Å². The van der Waals surface area contributed by atoms with E-state index in [4.69, 9.17) is 75.8 Å². The highest BCUT2D eigenvalue weighted by Crippen LogP contribution is 2.42. The molecule has 36 nitrogen and oxygen atoms in total. The summed E-state index contributed by atoms with van der Waals surface area (Å²) in [6, 6.07) is 0. The number of thioether (sulfide) groups is 8. The van der Waals surface area contributed by atoms with Gasteiger partial charge in [0.15, 0.2) is 50.3 Å². The van der Waals surface area contributed by atoms with E-state index in [2.05, 4.69) is 0 Å². The van der Waals surface area contributed by atoms with Crippen LogP contribution in [-0.2, 0) is 85.4 Å². The third kappa shape index (κ3) is 24.3. The largest absolute Gasteiger partial charge is 0.481 e. The number of rotatable bonds is 29. The van der Waals surface area contributed by atoms with E-state index >= 15 is 0 Å². The summed E-state index contributed by atoms with van der Waals surface area (Å²) in [5.74, 6) is 0.466. The topological polar surface area (TPSA) is 546 Å². The Bertz CT molecular complexity index is 2710. The van der Waals surface area contributed by atoms with Gasteiger partial charge in [0.2, 0.25) is 0 Å². The van der Waals surface area contributed by atoms with E-state index in [1.807, 2.05) is 41.5 Å². The van der Waals surface area contributed by atoms with E-state index in [-0.39, 0.29) is 70.4 Å². The van der Waals surface area contributed by atoms with Crippen LogP contribution in [0.3, 0.4) is 0 Å². The van der Waals surface area contributed by atoms with E-state index in [9.17, 15) is 102 Å². The number of aliphatic carboxylic acids is 2. The predicted octanol–water partition coefficient (Wildman–Crippen LogP) is -4.02. The molecule has 646 valence electrons. The van der Waals surface area contributed by atoms with Gasteiger partial charge in [0.05, 0.1) is 61.7 Å². The van der Waals surface area contributed by atoms with Gasteiger partial charge in [-0.25, -0.2) is 0 Å². The molecule has 30 aliphatic heterocycles. The maximum absolute atomic E-state index is 12.2. The molecule has 40 unspecified atom stereocenters. The zero-order valence-corrected chi connectivity index (χ0v) is 68.7. The molecule has 0 saturated carbocycles. The van der Waals surface area contributed by atoms with Crippen molar-refractivity contribution in [2.45, 2.75) is 306 Å². The van der Waals surface area contributed by atoms with Crippen molar-refractivity contribution in [1.29, 1.82) is 0 Å². The fraction of sp³-hybridized carbons (Fsp3) is 0.970. The summed E-state index contributed by atoms with van der Waals surface area (Å²) in [5, 5.41) is 213. The SMILES string of the molecule is CCCSCC1OC2OC3C(CSCCC(=O)O)OC(OC4C(CSCC)OC(OC5C(CSCC)OC(OC6C(CSCC)OC(OC7C(CSCC)OC(OC8C(CSCC)OC(OC9C(CSCCC(=O)O)OC(OC1C(O)C2O)C(O)C9O)C(O)C8O)C(O)C7O)C(O)C6O)C(O)C5O)C(O)C4O)C(O)C3O. The van der Waals surface area contributed by atoms with Crippen molar-refractivity contribution in [3.05, 3.63) is 0 Å². The monoisotopic (exact) mass is 1750 g/mol. The second-order valence-electron chi connectivity index (χ2n) is 27.8. The van der Waals surface area contributed by atoms with Gasteiger partial charge < -0.3 is 168 Å². The molecule has 111 heavy (non-hydrogen) atoms. The van der Waals surface area contributed by atoms with Gasteiger partial charge in [-0.2, -0.15) is 94.1 Å². The lowest BCUT2D eigenvalue weighted by Gasteiger charge is -2.51. The molecule has 0 aromatic rings. The number of hydrogen-bond acceptors (Lipinski definition) is 42. The van der Waals surface area contributed by atoms with Crippen molar-refractivity contribution in [2.75, 3.05) is 92.0 Å². The second kappa shape index (κ2) is 46.1. The Hall–Kier alpha value is 0.460. The van der Waals surface area contributed by atoms with Gasteiger partial charge in [-0.15, -0.1) is 0 Å². The summed E-state index contributed by atoms with van der Waals surface area (Å²) in [6.07, 6.45) is -69.9. The zero-order chi connectivity index (χ0) is 80.7. The minimum atomic E-state index is -2.10. The van der Waals surface area contributed by atoms with Gasteiger partial charge in [0.1, 0.15) is 146 Å². The maximum atomic E-state index is 12.2. The minimum Gasteiger partial charge on any atom is -0.481 e. The molecule has 18 N–H and O–H groups in total. The molecule has 0 aromatic heterocycles. The fourth-order valence-corrected chi connectivity index (χ4v) is 20.6. The molecule has 0 aromatic carbocycles. The summed E-state index contributed by atoms with van der Waals surface area (Å²) in [4.78, 5) is 23.4. The van der Waals surface area contributed by atoms with Gasteiger partial charge in [0.25, 0.3) is 0 Å². The first-order valence-corrected chi connectivity index (χ1v) is 46.8. The van der Waals surface area contributed by atoms with Crippen molar-refractivity contribution >= 4 is 106 Å². The average molecular weight is 1750 g/mol. The number of carboxylic acid groups (broad SMARTS) is 2. The number of carbonyl (C=O) groups is 2. The minimum absolute atomic E-state index is 0.00857. The lowest BCUT2D eigenvalue weighted by Crippen LogP contribution is -2.69. The van der Waals surface area contributed by atoms with Crippen LogP contribution < -0.4 is 0 Å². The molecule has 0 spiro atoms. The second-order valence-corrected chi connectivity index (χ2v) is 37.9. The first-order chi connectivity index (χ1) is 53.1. The van der Waals surface area contributed by atoms with Crippen LogP contribution in [0.2, 0.25) is 0 Å². The van der Waals surface area contributed by atoms with Crippen molar-refractivity contribution in [2.24, 2.45) is 0 Å². The summed E-state index contributed by atoms with van der Waals surface area (Å²) >= 11 is 9.98. The predicted molar refractivity (Wildman–Crippen MR) is 406 cm³/mol. The highest BCUT2D eigenvalue weighted by Gasteiger charge is 2.61. The number of hydrogen-bond donors (Lipinski definition) is 18. The molecule has 0 radical (unpaired) electrons. The Labute approximate surface area is 677 Å². The van der Waals surface area contributed by atoms with Gasteiger partial charge in [-0.05, 0) is 40.9 Å². The van der Waals surface area contributed by atoms with Crippen LogP contribution in [-0.4, -0.2) is 442 Å². The molecular formula is C67H114O36S8. The van der Waals surface area contributed by atoms with Crippen LogP contribution >= 0.6 is 94.1 Å². The van der Waals surface area contributed by atoms with E-state index in [1.54, 1.807) is 0 Å². The third-order valence-corrected chi connectivity index (χ3v) is 28.2. The first kappa shape index (κ1) is 95.3. The van der Waals surface area contributed by atoms with E-state index in [0.717, 1.165) is 23.5 Å². The number of carboxylic acids is 2. The Morgan fingerprint density at radius 1 is 0.216 bits per heavy atom. The molecule has 44 heteroatoms. The van der Waals surface area contributed by atoms with Gasteiger partial charge >= 0.3 is 11.9 Å². The molecule has 0 aliphatic carbocycles. The molecule has 30 rings (SSSR count). The first-order valence-electron chi connectivity index (χ1n) is 37.5. The van der Waals surface area contributed by atoms with Crippen LogP contribution in [0.5, 0.6) is 0 Å². The van der Waals surface area contributed by atoms with Crippen LogP contribution in [0, 0.1) is 0 Å². The molecule has 40 atom stereocenters. The summed E-state index contributed by atoms with van der Waals surface area (Å²) < 4.78 is 102. The van der Waals surface area contributed by atoms with Crippen LogP contribution in [0.4, 0.5) is 0 Å². The molecule has 0 amide bonds. The van der Waals surface area contributed by atoms with Crippen LogP contribution in [0.15, 0.2) is 0 Å². The quantitative estimate of drug-likeness (QED) is 0.0317. The number of ether oxygens (including phenoxy) is 16. The molecule has 30 heterocycles. The van der Waals surface area contributed by atoms with Crippen molar-refractivity contribution in [1.82, 2.24) is 0 Å².